The topological polar surface area (TPSA) is 24.5 Å². The van der Waals surface area contributed by atoms with Crippen molar-refractivity contribution in [2.75, 3.05) is 19.6 Å². The van der Waals surface area contributed by atoms with Crippen LogP contribution in [-0.2, 0) is 4.74 Å². The summed E-state index contributed by atoms with van der Waals surface area (Å²) in [6.45, 7) is 10.6. The molecule has 0 amide bonds. The normalized spacial score (nSPS) is 44.1. The van der Waals surface area contributed by atoms with E-state index in [0.717, 1.165) is 24.4 Å². The molecule has 2 saturated heterocycles. The molecule has 3 nitrogen and oxygen atoms in total. The molecular weight excluding hydrogens is 260 g/mol. The smallest absolute Gasteiger partial charge is 0.0710 e. The van der Waals surface area contributed by atoms with Gasteiger partial charge in [-0.3, -0.25) is 4.90 Å². The molecule has 4 aliphatic rings. The number of rotatable bonds is 4. The lowest BCUT2D eigenvalue weighted by atomic mass is 9.88. The molecular formula is C18H32N2O. The van der Waals surface area contributed by atoms with Crippen LogP contribution in [0.25, 0.3) is 0 Å². The van der Waals surface area contributed by atoms with Gasteiger partial charge in [-0.15, -0.1) is 0 Å². The van der Waals surface area contributed by atoms with E-state index >= 15 is 0 Å². The number of hydrogen-bond acceptors (Lipinski definition) is 3. The Kier molecular flexibility index (Phi) is 3.40. The molecule has 2 aliphatic carbocycles. The van der Waals surface area contributed by atoms with Crippen molar-refractivity contribution < 1.29 is 4.74 Å². The maximum atomic E-state index is 6.29. The van der Waals surface area contributed by atoms with Gasteiger partial charge in [-0.1, -0.05) is 0 Å². The molecule has 0 aromatic carbocycles. The fourth-order valence-corrected chi connectivity index (χ4v) is 4.62. The predicted octanol–water partition coefficient (Wildman–Crippen LogP) is 2.80. The summed E-state index contributed by atoms with van der Waals surface area (Å²) in [5.41, 5.74) is 0.478. The molecule has 3 heteroatoms. The van der Waals surface area contributed by atoms with E-state index < -0.39 is 0 Å². The van der Waals surface area contributed by atoms with Gasteiger partial charge in [0, 0.05) is 31.2 Å². The van der Waals surface area contributed by atoms with E-state index in [9.17, 15) is 0 Å². The Hall–Kier alpha value is -0.120. The van der Waals surface area contributed by atoms with Crippen molar-refractivity contribution >= 4 is 0 Å². The van der Waals surface area contributed by atoms with Gasteiger partial charge >= 0.3 is 0 Å². The van der Waals surface area contributed by atoms with E-state index in [1.54, 1.807) is 0 Å². The lowest BCUT2D eigenvalue weighted by Crippen LogP contribution is -2.66. The van der Waals surface area contributed by atoms with Gasteiger partial charge in [0.1, 0.15) is 0 Å². The largest absolute Gasteiger partial charge is 0.371 e. The van der Waals surface area contributed by atoms with Gasteiger partial charge < -0.3 is 10.1 Å². The van der Waals surface area contributed by atoms with Gasteiger partial charge in [0.2, 0.25) is 0 Å². The fraction of sp³-hybridized carbons (Fsp3) is 1.00. The van der Waals surface area contributed by atoms with E-state index in [0.29, 0.717) is 11.6 Å². The fourth-order valence-electron chi connectivity index (χ4n) is 4.62. The minimum atomic E-state index is 0.102. The molecule has 4 fully saturated rings. The van der Waals surface area contributed by atoms with Crippen LogP contribution in [0.3, 0.4) is 0 Å². The predicted molar refractivity (Wildman–Crippen MR) is 85.4 cm³/mol. The van der Waals surface area contributed by atoms with Gasteiger partial charge in [0.15, 0.2) is 0 Å². The summed E-state index contributed by atoms with van der Waals surface area (Å²) in [4.78, 5) is 2.82. The van der Waals surface area contributed by atoms with Gasteiger partial charge in [-0.25, -0.2) is 0 Å². The van der Waals surface area contributed by atoms with Crippen LogP contribution in [0.5, 0.6) is 0 Å². The summed E-state index contributed by atoms with van der Waals surface area (Å²) in [6.07, 6.45) is 8.66. The van der Waals surface area contributed by atoms with Crippen molar-refractivity contribution in [2.45, 2.75) is 82.6 Å². The lowest BCUT2D eigenvalue weighted by Gasteiger charge is -2.49. The standard InChI is InChI=1S/C18H32N2O/c1-17(2)9-8-15(21-17)10-20-11-16(13-4-5-13)19-12-18(20,3)14-6-7-14/h13-16,19H,4-12H2,1-3H3. The van der Waals surface area contributed by atoms with E-state index in [1.165, 1.54) is 51.6 Å². The van der Waals surface area contributed by atoms with Crippen molar-refractivity contribution in [3.05, 3.63) is 0 Å². The third-order valence-corrected chi connectivity index (χ3v) is 6.49. The van der Waals surface area contributed by atoms with Crippen LogP contribution in [0.15, 0.2) is 0 Å². The zero-order chi connectivity index (χ0) is 14.7. The van der Waals surface area contributed by atoms with Crippen LogP contribution in [0.2, 0.25) is 0 Å². The second kappa shape index (κ2) is 4.94. The van der Waals surface area contributed by atoms with Gasteiger partial charge in [0.25, 0.3) is 0 Å². The average molecular weight is 292 g/mol. The summed E-state index contributed by atoms with van der Waals surface area (Å²) >= 11 is 0. The van der Waals surface area contributed by atoms with E-state index in [1.807, 2.05) is 0 Å². The Morgan fingerprint density at radius 3 is 2.43 bits per heavy atom. The second-order valence-corrected chi connectivity index (χ2v) is 8.90. The third kappa shape index (κ3) is 2.89. The first-order valence-electron chi connectivity index (χ1n) is 9.12. The molecule has 2 saturated carbocycles. The highest BCUT2D eigenvalue weighted by Crippen LogP contribution is 2.46. The number of ether oxygens (including phenoxy) is 1. The molecule has 3 atom stereocenters. The molecule has 0 spiro atoms. The van der Waals surface area contributed by atoms with E-state index in [2.05, 4.69) is 31.0 Å². The molecule has 0 radical (unpaired) electrons. The molecule has 0 aromatic heterocycles. The monoisotopic (exact) mass is 292 g/mol. The maximum Gasteiger partial charge on any atom is 0.0710 e. The molecule has 3 unspecified atom stereocenters. The zero-order valence-corrected chi connectivity index (χ0v) is 14.0. The Morgan fingerprint density at radius 1 is 1.10 bits per heavy atom. The summed E-state index contributed by atoms with van der Waals surface area (Å²) in [6, 6.07) is 0.742. The van der Waals surface area contributed by atoms with Crippen LogP contribution in [-0.4, -0.2) is 47.8 Å². The summed E-state index contributed by atoms with van der Waals surface area (Å²) in [5.74, 6) is 1.87. The molecule has 4 rings (SSSR count). The van der Waals surface area contributed by atoms with Crippen LogP contribution in [0.1, 0.15) is 59.3 Å². The van der Waals surface area contributed by atoms with Crippen molar-refractivity contribution in [3.8, 4) is 0 Å². The highest BCUT2D eigenvalue weighted by molar-refractivity contribution is 5.07. The molecule has 120 valence electrons. The zero-order valence-electron chi connectivity index (χ0n) is 14.0. The third-order valence-electron chi connectivity index (χ3n) is 6.49. The Bertz CT molecular complexity index is 402. The molecule has 2 heterocycles. The van der Waals surface area contributed by atoms with Gasteiger partial charge in [-0.05, 0) is 71.1 Å². The van der Waals surface area contributed by atoms with Gasteiger partial charge in [-0.2, -0.15) is 0 Å². The Balaban J connectivity index is 1.45. The summed E-state index contributed by atoms with van der Waals surface area (Å²) in [7, 11) is 0. The maximum absolute atomic E-state index is 6.29. The van der Waals surface area contributed by atoms with Crippen LogP contribution in [0.4, 0.5) is 0 Å². The number of piperazine rings is 1. The van der Waals surface area contributed by atoms with Crippen molar-refractivity contribution in [1.29, 1.82) is 0 Å². The molecule has 0 bridgehead atoms. The van der Waals surface area contributed by atoms with Crippen molar-refractivity contribution in [2.24, 2.45) is 11.8 Å². The minimum Gasteiger partial charge on any atom is -0.371 e. The van der Waals surface area contributed by atoms with Crippen LogP contribution < -0.4 is 5.32 Å². The highest BCUT2D eigenvalue weighted by atomic mass is 16.5. The Morgan fingerprint density at radius 2 is 1.86 bits per heavy atom. The number of nitrogens with zero attached hydrogens (tertiary/aromatic N) is 1. The highest BCUT2D eigenvalue weighted by Gasteiger charge is 2.51. The first-order valence-corrected chi connectivity index (χ1v) is 9.12. The number of nitrogens with one attached hydrogen (secondary N) is 1. The summed E-state index contributed by atoms with van der Waals surface area (Å²) < 4.78 is 6.29. The van der Waals surface area contributed by atoms with Crippen LogP contribution in [0, 0.1) is 11.8 Å². The summed E-state index contributed by atoms with van der Waals surface area (Å²) in [5, 5.41) is 3.88. The van der Waals surface area contributed by atoms with Crippen molar-refractivity contribution in [1.82, 2.24) is 10.2 Å². The molecule has 2 aliphatic heterocycles. The first-order chi connectivity index (χ1) is 9.96. The molecule has 21 heavy (non-hydrogen) atoms. The second-order valence-electron chi connectivity index (χ2n) is 8.90. The van der Waals surface area contributed by atoms with Crippen LogP contribution >= 0.6 is 0 Å². The first kappa shape index (κ1) is 14.5. The SMILES string of the molecule is CC1(C)CCC(CN2CC(C3CC3)NCC2(C)C2CC2)O1. The molecule has 1 N–H and O–H groups in total. The van der Waals surface area contributed by atoms with Crippen molar-refractivity contribution in [3.63, 3.8) is 0 Å². The quantitative estimate of drug-likeness (QED) is 0.862. The van der Waals surface area contributed by atoms with E-state index in [-0.39, 0.29) is 5.60 Å². The average Bonchev–Trinajstić information content (AvgIpc) is 3.30. The minimum absolute atomic E-state index is 0.102. The Labute approximate surface area is 129 Å². The van der Waals surface area contributed by atoms with E-state index in [4.69, 9.17) is 4.74 Å². The molecule has 0 aromatic rings. The van der Waals surface area contributed by atoms with Gasteiger partial charge in [0.05, 0.1) is 11.7 Å². The lowest BCUT2D eigenvalue weighted by molar-refractivity contribution is -0.0578. The number of hydrogen-bond donors (Lipinski definition) is 1.